The van der Waals surface area contributed by atoms with Gasteiger partial charge in [-0.1, -0.05) is 134 Å². The Labute approximate surface area is 220 Å². The van der Waals surface area contributed by atoms with Gasteiger partial charge in [-0.2, -0.15) is 0 Å². The molecule has 0 amide bonds. The fourth-order valence-corrected chi connectivity index (χ4v) is 9.12. The van der Waals surface area contributed by atoms with Crippen molar-refractivity contribution in [1.82, 2.24) is 4.67 Å². The summed E-state index contributed by atoms with van der Waals surface area (Å²) in [6.07, 6.45) is 1.93. The monoisotopic (exact) mass is 507 g/mol. The van der Waals surface area contributed by atoms with E-state index in [1.807, 2.05) is 42.5 Å². The molecule has 3 nitrogen and oxygen atoms in total. The second kappa shape index (κ2) is 10.6. The van der Waals surface area contributed by atoms with Crippen LogP contribution in [0.2, 0.25) is 0 Å². The standard InChI is InChI=1S/C33H34NO2P/c1-4-26(2)25-37(35)34(27(3)32(36-37)28-17-9-5-10-18-28)33(29-19-11-6-12-20-29,30-21-13-7-14-22-30)31-23-15-8-16-24-31/h4-24,26-27,32H,1,25H2,2-3H3/t26-,27+,32+,37?/m1/s1. The zero-order valence-electron chi connectivity index (χ0n) is 21.5. The van der Waals surface area contributed by atoms with Gasteiger partial charge in [0.05, 0.1) is 0 Å². The number of hydrogen-bond acceptors (Lipinski definition) is 2. The van der Waals surface area contributed by atoms with Crippen LogP contribution in [0.1, 0.15) is 42.2 Å². The van der Waals surface area contributed by atoms with E-state index in [0.29, 0.717) is 6.16 Å². The maximum Gasteiger partial charge on any atom is 0.275 e. The molecule has 5 rings (SSSR count). The van der Waals surface area contributed by atoms with Crippen LogP contribution in [-0.2, 0) is 14.6 Å². The molecule has 1 unspecified atom stereocenters. The first-order chi connectivity index (χ1) is 18.0. The summed E-state index contributed by atoms with van der Waals surface area (Å²) in [5.74, 6) is 0.0232. The van der Waals surface area contributed by atoms with E-state index in [9.17, 15) is 0 Å². The van der Waals surface area contributed by atoms with Gasteiger partial charge in [0.1, 0.15) is 11.6 Å². The van der Waals surface area contributed by atoms with E-state index in [1.165, 1.54) is 0 Å². The second-order valence-corrected chi connectivity index (χ2v) is 12.1. The molecule has 4 heteroatoms. The lowest BCUT2D eigenvalue weighted by atomic mass is 9.76. The van der Waals surface area contributed by atoms with Gasteiger partial charge in [0.25, 0.3) is 7.52 Å². The molecule has 1 aliphatic rings. The molecule has 0 aromatic heterocycles. The van der Waals surface area contributed by atoms with Crippen LogP contribution in [0.15, 0.2) is 134 Å². The van der Waals surface area contributed by atoms with E-state index < -0.39 is 13.1 Å². The first-order valence-electron chi connectivity index (χ1n) is 12.9. The van der Waals surface area contributed by atoms with Crippen molar-refractivity contribution in [2.75, 3.05) is 6.16 Å². The Bertz CT molecular complexity index is 1260. The highest BCUT2D eigenvalue weighted by molar-refractivity contribution is 7.56. The Morgan fingerprint density at radius 3 is 1.62 bits per heavy atom. The molecule has 0 saturated carbocycles. The Morgan fingerprint density at radius 1 is 0.811 bits per heavy atom. The Morgan fingerprint density at radius 2 is 1.22 bits per heavy atom. The third-order valence-corrected chi connectivity index (χ3v) is 10.3. The van der Waals surface area contributed by atoms with Crippen LogP contribution in [-0.4, -0.2) is 16.9 Å². The topological polar surface area (TPSA) is 29.5 Å². The molecule has 0 radical (unpaired) electrons. The average Bonchev–Trinajstić information content (AvgIpc) is 3.21. The largest absolute Gasteiger partial charge is 0.307 e. The van der Waals surface area contributed by atoms with Crippen molar-refractivity contribution >= 4 is 7.52 Å². The molecule has 37 heavy (non-hydrogen) atoms. The van der Waals surface area contributed by atoms with Crippen LogP contribution in [0, 0.1) is 5.92 Å². The molecular weight excluding hydrogens is 473 g/mol. The molecule has 1 fully saturated rings. The molecule has 4 atom stereocenters. The first kappa shape index (κ1) is 25.4. The van der Waals surface area contributed by atoms with Crippen LogP contribution in [0.4, 0.5) is 0 Å². The fraction of sp³-hybridized carbons (Fsp3) is 0.212. The predicted octanol–water partition coefficient (Wildman–Crippen LogP) is 8.46. The summed E-state index contributed by atoms with van der Waals surface area (Å²) in [7, 11) is -3.39. The lowest BCUT2D eigenvalue weighted by Gasteiger charge is -2.47. The van der Waals surface area contributed by atoms with Gasteiger partial charge in [0.2, 0.25) is 0 Å². The second-order valence-electron chi connectivity index (χ2n) is 9.86. The van der Waals surface area contributed by atoms with Crippen LogP contribution in [0.5, 0.6) is 0 Å². The molecular formula is C33H34NO2P. The van der Waals surface area contributed by atoms with Gasteiger partial charge in [-0.05, 0) is 35.1 Å². The lowest BCUT2D eigenvalue weighted by molar-refractivity contribution is 0.177. The molecule has 4 aromatic carbocycles. The van der Waals surface area contributed by atoms with E-state index in [0.717, 1.165) is 22.3 Å². The molecule has 188 valence electrons. The molecule has 0 bridgehead atoms. The fourth-order valence-electron chi connectivity index (χ4n) is 5.74. The SMILES string of the molecule is C=C[C@@H](C)CP1(=O)O[C@H](c2ccccc2)[C@H](C)N1C(c1ccccc1)(c1ccccc1)c1ccccc1. The normalized spacial score (nSPS) is 23.0. The van der Waals surface area contributed by atoms with E-state index in [2.05, 4.69) is 110 Å². The maximum atomic E-state index is 15.3. The van der Waals surface area contributed by atoms with E-state index in [-0.39, 0.29) is 18.1 Å². The van der Waals surface area contributed by atoms with Crippen molar-refractivity contribution in [3.8, 4) is 0 Å². The molecule has 0 N–H and O–H groups in total. The average molecular weight is 508 g/mol. The predicted molar refractivity (Wildman–Crippen MR) is 153 cm³/mol. The molecule has 4 aromatic rings. The highest BCUT2D eigenvalue weighted by Crippen LogP contribution is 2.69. The van der Waals surface area contributed by atoms with Crippen molar-refractivity contribution < 1.29 is 9.09 Å². The number of allylic oxidation sites excluding steroid dienone is 1. The van der Waals surface area contributed by atoms with Crippen LogP contribution in [0.25, 0.3) is 0 Å². The van der Waals surface area contributed by atoms with E-state index in [1.54, 1.807) is 0 Å². The first-order valence-corrected chi connectivity index (χ1v) is 14.7. The zero-order valence-corrected chi connectivity index (χ0v) is 22.4. The van der Waals surface area contributed by atoms with Gasteiger partial charge in [-0.3, -0.25) is 4.57 Å². The third-order valence-electron chi connectivity index (χ3n) is 7.40. The minimum atomic E-state index is -3.39. The molecule has 0 aliphatic carbocycles. The van der Waals surface area contributed by atoms with Gasteiger partial charge in [-0.15, -0.1) is 6.58 Å². The number of nitrogens with zero attached hydrogens (tertiary/aromatic N) is 1. The van der Waals surface area contributed by atoms with Gasteiger partial charge in [-0.25, -0.2) is 4.67 Å². The highest BCUT2D eigenvalue weighted by atomic mass is 31.2. The number of benzene rings is 4. The van der Waals surface area contributed by atoms with E-state index in [4.69, 9.17) is 4.52 Å². The minimum Gasteiger partial charge on any atom is -0.307 e. The lowest BCUT2D eigenvalue weighted by Crippen LogP contribution is -2.49. The van der Waals surface area contributed by atoms with Crippen LogP contribution >= 0.6 is 7.52 Å². The smallest absolute Gasteiger partial charge is 0.275 e. The number of hydrogen-bond donors (Lipinski definition) is 0. The minimum absolute atomic E-state index is 0.0232. The quantitative estimate of drug-likeness (QED) is 0.136. The third kappa shape index (κ3) is 4.53. The molecule has 1 heterocycles. The summed E-state index contributed by atoms with van der Waals surface area (Å²) in [4.78, 5) is 0. The van der Waals surface area contributed by atoms with Gasteiger partial charge < -0.3 is 4.52 Å². The Hall–Kier alpha value is -3.23. The summed E-state index contributed by atoms with van der Waals surface area (Å²) in [5.41, 5.74) is 3.38. The summed E-state index contributed by atoms with van der Waals surface area (Å²) in [5, 5.41) is 0. The van der Waals surface area contributed by atoms with Crippen molar-refractivity contribution in [1.29, 1.82) is 0 Å². The van der Waals surface area contributed by atoms with Gasteiger partial charge in [0, 0.05) is 12.2 Å². The Kier molecular flexibility index (Phi) is 7.31. The summed E-state index contributed by atoms with van der Waals surface area (Å²) >= 11 is 0. The van der Waals surface area contributed by atoms with Crippen molar-refractivity contribution in [2.45, 2.75) is 31.5 Å². The summed E-state index contributed by atoms with van der Waals surface area (Å²) in [6.45, 7) is 8.21. The molecule has 0 spiro atoms. The van der Waals surface area contributed by atoms with Gasteiger partial charge >= 0.3 is 0 Å². The zero-order chi connectivity index (χ0) is 25.9. The van der Waals surface area contributed by atoms with Crippen LogP contribution < -0.4 is 0 Å². The van der Waals surface area contributed by atoms with Crippen molar-refractivity contribution in [3.63, 3.8) is 0 Å². The Balaban J connectivity index is 1.85. The summed E-state index contributed by atoms with van der Waals surface area (Å²) in [6, 6.07) is 41.3. The molecule has 1 saturated heterocycles. The van der Waals surface area contributed by atoms with Crippen LogP contribution in [0.3, 0.4) is 0 Å². The van der Waals surface area contributed by atoms with Crippen molar-refractivity contribution in [3.05, 3.63) is 156 Å². The summed E-state index contributed by atoms with van der Waals surface area (Å²) < 4.78 is 24.3. The highest BCUT2D eigenvalue weighted by Gasteiger charge is 2.59. The van der Waals surface area contributed by atoms with Gasteiger partial charge in [0.15, 0.2) is 0 Å². The van der Waals surface area contributed by atoms with Crippen molar-refractivity contribution in [2.24, 2.45) is 5.92 Å². The molecule has 1 aliphatic heterocycles. The van der Waals surface area contributed by atoms with E-state index >= 15 is 4.57 Å². The number of rotatable bonds is 8. The maximum absolute atomic E-state index is 15.3.